The molecule has 17 heavy (non-hydrogen) atoms. The van der Waals surface area contributed by atoms with E-state index in [1.165, 1.54) is 11.3 Å². The van der Waals surface area contributed by atoms with E-state index >= 15 is 0 Å². The Balaban J connectivity index is 1.93. The molecule has 1 aliphatic heterocycles. The lowest BCUT2D eigenvalue weighted by atomic mass is 10.0. The quantitative estimate of drug-likeness (QED) is 0.911. The van der Waals surface area contributed by atoms with E-state index < -0.39 is 10.0 Å². The molecule has 0 radical (unpaired) electrons. The standard InChI is InChI=1S/C11H17NO3S2/c1-9-2-3-11(16-9)17(13,14)12-8-10-4-6-15-7-5-10/h2-3,10,12H,4-8H2,1H3. The summed E-state index contributed by atoms with van der Waals surface area (Å²) in [6.45, 7) is 3.90. The Kier molecular flexibility index (Phi) is 4.19. The van der Waals surface area contributed by atoms with Crippen LogP contribution in [0.5, 0.6) is 0 Å². The first-order valence-corrected chi connectivity index (χ1v) is 8.02. The smallest absolute Gasteiger partial charge is 0.250 e. The van der Waals surface area contributed by atoms with E-state index in [0.29, 0.717) is 16.7 Å². The van der Waals surface area contributed by atoms with Crippen LogP contribution < -0.4 is 4.72 Å². The molecule has 2 rings (SSSR count). The number of nitrogens with one attached hydrogen (secondary N) is 1. The Morgan fingerprint density at radius 1 is 1.41 bits per heavy atom. The zero-order chi connectivity index (χ0) is 12.3. The molecule has 1 N–H and O–H groups in total. The molecule has 0 aromatic carbocycles. The lowest BCUT2D eigenvalue weighted by Crippen LogP contribution is -2.31. The van der Waals surface area contributed by atoms with Crippen LogP contribution in [0, 0.1) is 12.8 Å². The van der Waals surface area contributed by atoms with Crippen molar-refractivity contribution in [3.05, 3.63) is 17.0 Å². The fourth-order valence-electron chi connectivity index (χ4n) is 1.81. The normalized spacial score (nSPS) is 18.4. The Morgan fingerprint density at radius 3 is 2.71 bits per heavy atom. The summed E-state index contributed by atoms with van der Waals surface area (Å²) in [4.78, 5) is 1.01. The zero-order valence-electron chi connectivity index (χ0n) is 9.81. The second-order valence-corrected chi connectivity index (χ2v) is 7.55. The SMILES string of the molecule is Cc1ccc(S(=O)(=O)NCC2CCOCC2)s1. The van der Waals surface area contributed by atoms with Gasteiger partial charge in [0, 0.05) is 24.6 Å². The van der Waals surface area contributed by atoms with E-state index in [4.69, 9.17) is 4.74 Å². The van der Waals surface area contributed by atoms with E-state index in [1.807, 2.05) is 13.0 Å². The van der Waals surface area contributed by atoms with Gasteiger partial charge in [-0.3, -0.25) is 0 Å². The van der Waals surface area contributed by atoms with Crippen molar-refractivity contribution in [3.8, 4) is 0 Å². The van der Waals surface area contributed by atoms with Gasteiger partial charge in [0.05, 0.1) is 0 Å². The summed E-state index contributed by atoms with van der Waals surface area (Å²) in [6.07, 6.45) is 1.87. The Bertz CT molecular complexity index is 461. The molecule has 4 nitrogen and oxygen atoms in total. The summed E-state index contributed by atoms with van der Waals surface area (Å²) in [6, 6.07) is 3.49. The molecule has 2 heterocycles. The van der Waals surface area contributed by atoms with Gasteiger partial charge in [0.2, 0.25) is 10.0 Å². The topological polar surface area (TPSA) is 55.4 Å². The summed E-state index contributed by atoms with van der Waals surface area (Å²) in [7, 11) is -3.31. The van der Waals surface area contributed by atoms with Crippen molar-refractivity contribution in [1.82, 2.24) is 4.72 Å². The highest BCUT2D eigenvalue weighted by Crippen LogP contribution is 2.21. The highest BCUT2D eigenvalue weighted by Gasteiger charge is 2.19. The molecular formula is C11H17NO3S2. The lowest BCUT2D eigenvalue weighted by Gasteiger charge is -2.21. The highest BCUT2D eigenvalue weighted by atomic mass is 32.2. The molecule has 0 bridgehead atoms. The number of aryl methyl sites for hydroxylation is 1. The predicted molar refractivity (Wildman–Crippen MR) is 67.8 cm³/mol. The molecule has 6 heteroatoms. The molecule has 0 saturated carbocycles. The second-order valence-electron chi connectivity index (χ2n) is 4.27. The number of ether oxygens (including phenoxy) is 1. The number of thiophene rings is 1. The van der Waals surface area contributed by atoms with Gasteiger partial charge in [0.1, 0.15) is 4.21 Å². The molecule has 1 fully saturated rings. The first kappa shape index (κ1) is 13.0. The number of hydrogen-bond donors (Lipinski definition) is 1. The number of rotatable bonds is 4. The molecule has 0 amide bonds. The highest BCUT2D eigenvalue weighted by molar-refractivity contribution is 7.91. The van der Waals surface area contributed by atoms with E-state index in [2.05, 4.69) is 4.72 Å². The minimum absolute atomic E-state index is 0.402. The van der Waals surface area contributed by atoms with Gasteiger partial charge >= 0.3 is 0 Å². The molecule has 0 unspecified atom stereocenters. The van der Waals surface area contributed by atoms with Crippen molar-refractivity contribution in [2.24, 2.45) is 5.92 Å². The molecule has 0 aliphatic carbocycles. The van der Waals surface area contributed by atoms with E-state index in [0.717, 1.165) is 30.9 Å². The molecule has 96 valence electrons. The minimum Gasteiger partial charge on any atom is -0.381 e. The van der Waals surface area contributed by atoms with Crippen LogP contribution in [-0.4, -0.2) is 28.2 Å². The third kappa shape index (κ3) is 3.51. The fourth-order valence-corrected chi connectivity index (χ4v) is 4.25. The van der Waals surface area contributed by atoms with Crippen LogP contribution in [0.25, 0.3) is 0 Å². The monoisotopic (exact) mass is 275 g/mol. The lowest BCUT2D eigenvalue weighted by molar-refractivity contribution is 0.0678. The summed E-state index contributed by atoms with van der Waals surface area (Å²) in [5.74, 6) is 0.402. The summed E-state index contributed by atoms with van der Waals surface area (Å²) in [5.41, 5.74) is 0. The van der Waals surface area contributed by atoms with Gasteiger partial charge in [-0.15, -0.1) is 11.3 Å². The van der Waals surface area contributed by atoms with Crippen LogP contribution in [0.4, 0.5) is 0 Å². The van der Waals surface area contributed by atoms with E-state index in [9.17, 15) is 8.42 Å². The summed E-state index contributed by atoms with van der Waals surface area (Å²) in [5, 5.41) is 0. The van der Waals surface area contributed by atoms with Crippen LogP contribution >= 0.6 is 11.3 Å². The minimum atomic E-state index is -3.31. The first-order valence-electron chi connectivity index (χ1n) is 5.72. The molecule has 1 aliphatic rings. The van der Waals surface area contributed by atoms with Crippen molar-refractivity contribution < 1.29 is 13.2 Å². The van der Waals surface area contributed by atoms with Crippen LogP contribution in [0.1, 0.15) is 17.7 Å². The molecule has 1 saturated heterocycles. The Hall–Kier alpha value is -0.430. The fraction of sp³-hybridized carbons (Fsp3) is 0.636. The van der Waals surface area contributed by atoms with Gasteiger partial charge < -0.3 is 4.74 Å². The molecule has 0 spiro atoms. The maximum Gasteiger partial charge on any atom is 0.250 e. The molecule has 0 atom stereocenters. The third-order valence-corrected chi connectivity index (χ3v) is 5.80. The Labute approximate surface area is 106 Å². The van der Waals surface area contributed by atoms with E-state index in [-0.39, 0.29) is 0 Å². The largest absolute Gasteiger partial charge is 0.381 e. The summed E-state index contributed by atoms with van der Waals surface area (Å²) >= 11 is 1.31. The molecule has 1 aromatic heterocycles. The van der Waals surface area contributed by atoms with Crippen LogP contribution in [0.3, 0.4) is 0 Å². The number of sulfonamides is 1. The number of hydrogen-bond acceptors (Lipinski definition) is 4. The predicted octanol–water partition coefficient (Wildman–Crippen LogP) is 1.76. The average molecular weight is 275 g/mol. The van der Waals surface area contributed by atoms with Gasteiger partial charge in [0.15, 0.2) is 0 Å². The van der Waals surface area contributed by atoms with Crippen molar-refractivity contribution in [3.63, 3.8) is 0 Å². The van der Waals surface area contributed by atoms with Gasteiger partial charge in [0.25, 0.3) is 0 Å². The summed E-state index contributed by atoms with van der Waals surface area (Å²) < 4.78 is 32.2. The molecule has 1 aromatic rings. The molecular weight excluding hydrogens is 258 g/mol. The third-order valence-electron chi connectivity index (χ3n) is 2.88. The van der Waals surface area contributed by atoms with Crippen molar-refractivity contribution >= 4 is 21.4 Å². The van der Waals surface area contributed by atoms with E-state index in [1.54, 1.807) is 6.07 Å². The van der Waals surface area contributed by atoms with Gasteiger partial charge in [-0.25, -0.2) is 13.1 Å². The first-order chi connectivity index (χ1) is 8.08. The van der Waals surface area contributed by atoms with Crippen molar-refractivity contribution in [1.29, 1.82) is 0 Å². The van der Waals surface area contributed by atoms with Crippen molar-refractivity contribution in [2.75, 3.05) is 19.8 Å². The maximum absolute atomic E-state index is 12.0. The van der Waals surface area contributed by atoms with Crippen LogP contribution in [0.15, 0.2) is 16.3 Å². The van der Waals surface area contributed by atoms with Crippen molar-refractivity contribution in [2.45, 2.75) is 24.0 Å². The van der Waals surface area contributed by atoms with Crippen LogP contribution in [0.2, 0.25) is 0 Å². The maximum atomic E-state index is 12.0. The van der Waals surface area contributed by atoms with Gasteiger partial charge in [-0.05, 0) is 37.8 Å². The van der Waals surface area contributed by atoms with Gasteiger partial charge in [-0.2, -0.15) is 0 Å². The van der Waals surface area contributed by atoms with Gasteiger partial charge in [-0.1, -0.05) is 0 Å². The second kappa shape index (κ2) is 5.48. The Morgan fingerprint density at radius 2 is 2.12 bits per heavy atom. The zero-order valence-corrected chi connectivity index (χ0v) is 11.4. The average Bonchev–Trinajstić information content (AvgIpc) is 2.76. The van der Waals surface area contributed by atoms with Crippen LogP contribution in [-0.2, 0) is 14.8 Å².